The second-order valence-electron chi connectivity index (χ2n) is 6.51. The average Bonchev–Trinajstić information content (AvgIpc) is 2.77. The quantitative estimate of drug-likeness (QED) is 0.341. The molecule has 0 fully saturated rings. The van der Waals surface area contributed by atoms with Crippen LogP contribution in [-0.2, 0) is 10.0 Å². The normalized spacial score (nSPS) is 10.8. The van der Waals surface area contributed by atoms with Crippen molar-refractivity contribution in [2.45, 2.75) is 4.90 Å². The molecule has 10 heteroatoms. The van der Waals surface area contributed by atoms with E-state index in [1.165, 1.54) is 24.3 Å². The number of nitrogens with one attached hydrogen (secondary N) is 2. The van der Waals surface area contributed by atoms with Gasteiger partial charge in [-0.25, -0.2) is 13.6 Å². The Bertz CT molecular complexity index is 1170. The number of sulfonamides is 1. The van der Waals surface area contributed by atoms with Crippen LogP contribution in [0, 0.1) is 0 Å². The SMILES string of the molecule is NS(=O)(=O)c1ccc(NC(=S)NC(=O)c2ccc(OCCOc3ccccc3)cc2)cc1. The molecule has 0 aliphatic heterocycles. The lowest BCUT2D eigenvalue weighted by Gasteiger charge is -2.11. The molecular weight excluding hydrogens is 450 g/mol. The van der Waals surface area contributed by atoms with E-state index in [9.17, 15) is 13.2 Å². The van der Waals surface area contributed by atoms with E-state index in [2.05, 4.69) is 10.6 Å². The summed E-state index contributed by atoms with van der Waals surface area (Å²) >= 11 is 5.13. The molecule has 3 aromatic rings. The first-order valence-electron chi connectivity index (χ1n) is 9.47. The number of primary sulfonamides is 1. The van der Waals surface area contributed by atoms with Crippen LogP contribution < -0.4 is 25.2 Å². The highest BCUT2D eigenvalue weighted by atomic mass is 32.2. The zero-order valence-corrected chi connectivity index (χ0v) is 18.5. The van der Waals surface area contributed by atoms with Gasteiger partial charge < -0.3 is 14.8 Å². The summed E-state index contributed by atoms with van der Waals surface area (Å²) < 4.78 is 33.7. The Morgan fingerprint density at radius 2 is 1.41 bits per heavy atom. The van der Waals surface area contributed by atoms with E-state index in [0.717, 1.165) is 5.75 Å². The predicted octanol–water partition coefficient (Wildman–Crippen LogP) is 2.92. The molecule has 0 saturated carbocycles. The third kappa shape index (κ3) is 7.05. The van der Waals surface area contributed by atoms with Gasteiger partial charge in [0.25, 0.3) is 5.91 Å². The summed E-state index contributed by atoms with van der Waals surface area (Å²) in [6.45, 7) is 0.753. The Kier molecular flexibility index (Phi) is 7.77. The summed E-state index contributed by atoms with van der Waals surface area (Å²) in [6.07, 6.45) is 0. The monoisotopic (exact) mass is 471 g/mol. The molecule has 0 aliphatic carbocycles. The number of rotatable bonds is 8. The second kappa shape index (κ2) is 10.7. The maximum absolute atomic E-state index is 12.4. The molecule has 0 unspecified atom stereocenters. The number of hydrogen-bond acceptors (Lipinski definition) is 6. The lowest BCUT2D eigenvalue weighted by Crippen LogP contribution is -2.34. The van der Waals surface area contributed by atoms with Crippen LogP contribution >= 0.6 is 12.2 Å². The van der Waals surface area contributed by atoms with E-state index in [1.54, 1.807) is 24.3 Å². The fraction of sp³-hybridized carbons (Fsp3) is 0.0909. The van der Waals surface area contributed by atoms with Gasteiger partial charge in [0.2, 0.25) is 10.0 Å². The number of amides is 1. The number of carbonyl (C=O) groups excluding carboxylic acids is 1. The summed E-state index contributed by atoms with van der Waals surface area (Å²) in [7, 11) is -3.77. The molecule has 0 saturated heterocycles. The van der Waals surface area contributed by atoms with E-state index in [-0.39, 0.29) is 10.0 Å². The Labute approximate surface area is 191 Å². The van der Waals surface area contributed by atoms with Crippen LogP contribution in [-0.4, -0.2) is 32.7 Å². The Hall–Kier alpha value is -3.47. The number of nitrogens with two attached hydrogens (primary N) is 1. The van der Waals surface area contributed by atoms with E-state index in [1.807, 2.05) is 30.3 Å². The number of benzene rings is 3. The first-order chi connectivity index (χ1) is 15.3. The van der Waals surface area contributed by atoms with E-state index in [4.69, 9.17) is 26.8 Å². The number of para-hydroxylation sites is 1. The van der Waals surface area contributed by atoms with Gasteiger partial charge in [-0.1, -0.05) is 18.2 Å². The molecule has 0 aliphatic rings. The van der Waals surface area contributed by atoms with Gasteiger partial charge in [0, 0.05) is 11.3 Å². The number of anilines is 1. The smallest absolute Gasteiger partial charge is 0.257 e. The molecule has 0 aromatic heterocycles. The third-order valence-electron chi connectivity index (χ3n) is 4.15. The summed E-state index contributed by atoms with van der Waals surface area (Å²) in [6, 6.07) is 21.7. The summed E-state index contributed by atoms with van der Waals surface area (Å²) in [5.41, 5.74) is 0.899. The van der Waals surface area contributed by atoms with E-state index in [0.29, 0.717) is 30.2 Å². The molecule has 1 amide bonds. The Morgan fingerprint density at radius 3 is 1.97 bits per heavy atom. The lowest BCUT2D eigenvalue weighted by atomic mass is 10.2. The molecule has 3 aromatic carbocycles. The summed E-state index contributed by atoms with van der Waals surface area (Å²) in [4.78, 5) is 12.3. The number of carbonyl (C=O) groups is 1. The average molecular weight is 472 g/mol. The number of ether oxygens (including phenoxy) is 2. The predicted molar refractivity (Wildman–Crippen MR) is 125 cm³/mol. The van der Waals surface area contributed by atoms with Crippen LogP contribution in [0.15, 0.2) is 83.8 Å². The van der Waals surface area contributed by atoms with Crippen LogP contribution in [0.3, 0.4) is 0 Å². The van der Waals surface area contributed by atoms with Crippen molar-refractivity contribution < 1.29 is 22.7 Å². The molecule has 4 N–H and O–H groups in total. The summed E-state index contributed by atoms with van der Waals surface area (Å²) in [5.74, 6) is 0.976. The number of hydrogen-bond donors (Lipinski definition) is 3. The Morgan fingerprint density at radius 1 is 0.844 bits per heavy atom. The fourth-order valence-corrected chi connectivity index (χ4v) is 3.33. The number of thiocarbonyl (C=S) groups is 1. The molecule has 3 rings (SSSR count). The first kappa shape index (κ1) is 23.2. The van der Waals surface area contributed by atoms with Crippen molar-refractivity contribution >= 4 is 38.9 Å². The van der Waals surface area contributed by atoms with Crippen LogP contribution in [0.2, 0.25) is 0 Å². The van der Waals surface area contributed by atoms with Gasteiger partial charge in [-0.15, -0.1) is 0 Å². The van der Waals surface area contributed by atoms with Crippen LogP contribution in [0.1, 0.15) is 10.4 Å². The van der Waals surface area contributed by atoms with Gasteiger partial charge >= 0.3 is 0 Å². The molecule has 0 radical (unpaired) electrons. The minimum Gasteiger partial charge on any atom is -0.490 e. The maximum atomic E-state index is 12.4. The zero-order valence-electron chi connectivity index (χ0n) is 16.9. The van der Waals surface area contributed by atoms with Crippen LogP contribution in [0.4, 0.5) is 5.69 Å². The molecule has 166 valence electrons. The van der Waals surface area contributed by atoms with Crippen molar-refractivity contribution in [3.8, 4) is 11.5 Å². The summed E-state index contributed by atoms with van der Waals surface area (Å²) in [5, 5.41) is 10.5. The third-order valence-corrected chi connectivity index (χ3v) is 5.28. The van der Waals surface area contributed by atoms with Crippen molar-refractivity contribution in [1.82, 2.24) is 5.32 Å². The van der Waals surface area contributed by atoms with Gasteiger partial charge in [-0.2, -0.15) is 0 Å². The molecule has 0 bridgehead atoms. The van der Waals surface area contributed by atoms with Crippen molar-refractivity contribution in [1.29, 1.82) is 0 Å². The molecule has 8 nitrogen and oxygen atoms in total. The van der Waals surface area contributed by atoms with Crippen molar-refractivity contribution in [3.05, 3.63) is 84.4 Å². The van der Waals surface area contributed by atoms with Gasteiger partial charge in [-0.3, -0.25) is 10.1 Å². The van der Waals surface area contributed by atoms with Gasteiger partial charge in [0.15, 0.2) is 5.11 Å². The molecule has 0 spiro atoms. The minimum absolute atomic E-state index is 0.0214. The van der Waals surface area contributed by atoms with Gasteiger partial charge in [0.1, 0.15) is 24.7 Å². The van der Waals surface area contributed by atoms with E-state index < -0.39 is 15.9 Å². The van der Waals surface area contributed by atoms with Crippen molar-refractivity contribution in [2.75, 3.05) is 18.5 Å². The minimum atomic E-state index is -3.77. The highest BCUT2D eigenvalue weighted by Crippen LogP contribution is 2.14. The van der Waals surface area contributed by atoms with Crippen molar-refractivity contribution in [3.63, 3.8) is 0 Å². The highest BCUT2D eigenvalue weighted by Gasteiger charge is 2.10. The highest BCUT2D eigenvalue weighted by molar-refractivity contribution is 7.89. The molecule has 32 heavy (non-hydrogen) atoms. The van der Waals surface area contributed by atoms with Gasteiger partial charge in [-0.05, 0) is 72.9 Å². The second-order valence-corrected chi connectivity index (χ2v) is 8.48. The van der Waals surface area contributed by atoms with Crippen LogP contribution in [0.5, 0.6) is 11.5 Å². The maximum Gasteiger partial charge on any atom is 0.257 e. The van der Waals surface area contributed by atoms with Crippen LogP contribution in [0.25, 0.3) is 0 Å². The standard InChI is InChI=1S/C22H21N3O5S2/c23-32(27,28)20-12-8-17(9-13-20)24-22(31)25-21(26)16-6-10-19(11-7-16)30-15-14-29-18-4-2-1-3-5-18/h1-13H,14-15H2,(H2,23,27,28)(H2,24,25,26,31). The topological polar surface area (TPSA) is 120 Å². The largest absolute Gasteiger partial charge is 0.490 e. The van der Waals surface area contributed by atoms with E-state index >= 15 is 0 Å². The molecular formula is C22H21N3O5S2. The molecule has 0 atom stereocenters. The molecule has 0 heterocycles. The van der Waals surface area contributed by atoms with Gasteiger partial charge in [0.05, 0.1) is 4.90 Å². The van der Waals surface area contributed by atoms with Crippen molar-refractivity contribution in [2.24, 2.45) is 5.14 Å². The fourth-order valence-electron chi connectivity index (χ4n) is 2.60. The lowest BCUT2D eigenvalue weighted by molar-refractivity contribution is 0.0977. The first-order valence-corrected chi connectivity index (χ1v) is 11.4. The Balaban J connectivity index is 1.45. The zero-order chi connectivity index (χ0) is 23.0.